The van der Waals surface area contributed by atoms with Gasteiger partial charge in [0.2, 0.25) is 5.91 Å². The van der Waals surface area contributed by atoms with Crippen molar-refractivity contribution in [2.75, 3.05) is 58.2 Å². The van der Waals surface area contributed by atoms with Crippen LogP contribution in [0, 0.1) is 0 Å². The summed E-state index contributed by atoms with van der Waals surface area (Å²) < 4.78 is 28.6. The quantitative estimate of drug-likeness (QED) is 0.597. The Morgan fingerprint density at radius 3 is 1.80 bits per heavy atom. The van der Waals surface area contributed by atoms with Crippen LogP contribution in [-0.2, 0) is 19.0 Å². The first-order valence-corrected chi connectivity index (χ1v) is 11.9. The molecule has 35 heavy (non-hydrogen) atoms. The van der Waals surface area contributed by atoms with Crippen LogP contribution < -0.4 is 14.8 Å². The van der Waals surface area contributed by atoms with Gasteiger partial charge in [0.25, 0.3) is 0 Å². The summed E-state index contributed by atoms with van der Waals surface area (Å²) in [5.74, 6) is 0.505. The van der Waals surface area contributed by atoms with Gasteiger partial charge in [-0.15, -0.1) is 0 Å². The number of rotatable bonds is 2. The predicted octanol–water partition coefficient (Wildman–Crippen LogP) is 4.26. The number of ether oxygens (including phenoxy) is 5. The lowest BCUT2D eigenvalue weighted by atomic mass is 9.96. The Kier molecular flexibility index (Phi) is 7.58. The highest BCUT2D eigenvalue weighted by atomic mass is 16.6. The minimum Gasteiger partial charge on any atom is -0.487 e. The van der Waals surface area contributed by atoms with Gasteiger partial charge >= 0.3 is 0 Å². The predicted molar refractivity (Wildman–Crippen MR) is 132 cm³/mol. The van der Waals surface area contributed by atoms with Crippen LogP contribution in [0.15, 0.2) is 66.7 Å². The smallest absolute Gasteiger partial charge is 0.236 e. The van der Waals surface area contributed by atoms with E-state index in [0.717, 1.165) is 22.3 Å². The summed E-state index contributed by atoms with van der Waals surface area (Å²) in [6, 6.07) is 21.6. The van der Waals surface area contributed by atoms with Crippen molar-refractivity contribution in [3.63, 3.8) is 0 Å². The van der Waals surface area contributed by atoms with Crippen molar-refractivity contribution < 1.29 is 28.5 Å². The van der Waals surface area contributed by atoms with Crippen LogP contribution in [0.2, 0.25) is 0 Å². The molecule has 0 fully saturated rings. The first kappa shape index (κ1) is 23.4. The van der Waals surface area contributed by atoms with Gasteiger partial charge in [-0.05, 0) is 34.4 Å². The molecule has 0 spiro atoms. The highest BCUT2D eigenvalue weighted by Gasteiger charge is 2.33. The molecule has 1 heterocycles. The lowest BCUT2D eigenvalue weighted by Crippen LogP contribution is -2.21. The molecule has 5 rings (SSSR count). The lowest BCUT2D eigenvalue weighted by Gasteiger charge is -2.19. The monoisotopic (exact) mass is 475 g/mol. The Morgan fingerprint density at radius 1 is 0.629 bits per heavy atom. The van der Waals surface area contributed by atoms with Crippen LogP contribution in [0.1, 0.15) is 17.0 Å². The maximum absolute atomic E-state index is 13.7. The molecule has 0 aromatic heterocycles. The van der Waals surface area contributed by atoms with E-state index < -0.39 is 5.92 Å². The molecule has 1 aliphatic carbocycles. The minimum atomic E-state index is -0.404. The van der Waals surface area contributed by atoms with Gasteiger partial charge in [-0.1, -0.05) is 54.6 Å². The summed E-state index contributed by atoms with van der Waals surface area (Å²) in [7, 11) is 0. The number of para-hydroxylation sites is 1. The van der Waals surface area contributed by atoms with E-state index in [4.69, 9.17) is 23.7 Å². The second kappa shape index (κ2) is 11.4. The first-order chi connectivity index (χ1) is 17.3. The normalized spacial score (nSPS) is 16.9. The van der Waals surface area contributed by atoms with Gasteiger partial charge in [-0.25, -0.2) is 0 Å². The van der Waals surface area contributed by atoms with Crippen molar-refractivity contribution >= 4 is 11.6 Å². The Balaban J connectivity index is 1.39. The number of hydrogen-bond acceptors (Lipinski definition) is 6. The molecule has 0 radical (unpaired) electrons. The molecule has 3 aromatic carbocycles. The Morgan fingerprint density at radius 2 is 1.17 bits per heavy atom. The Labute approximate surface area is 204 Å². The van der Waals surface area contributed by atoms with E-state index in [1.165, 1.54) is 0 Å². The molecule has 1 amide bonds. The maximum atomic E-state index is 13.7. The second-order valence-electron chi connectivity index (χ2n) is 8.26. The Bertz CT molecular complexity index is 1120. The van der Waals surface area contributed by atoms with Crippen molar-refractivity contribution in [1.82, 2.24) is 0 Å². The number of benzene rings is 3. The molecule has 7 heteroatoms. The number of fused-ring (bicyclic) bond motifs is 4. The SMILES string of the molecule is O=C(Nc1cccc2c1OCCOCCOCCOCCO2)C1c2ccccc2-c2ccccc21. The standard InChI is InChI=1S/C28H29NO6/c30-28(26-22-8-3-1-6-20(22)21-7-2-4-9-23(21)26)29-24-10-5-11-25-27(24)35-19-17-33-15-13-31-12-14-32-16-18-34-25/h1-11,26H,12-19H2,(H,29,30). The summed E-state index contributed by atoms with van der Waals surface area (Å²) in [5.41, 5.74) is 4.74. The third-order valence-corrected chi connectivity index (χ3v) is 6.04. The molecule has 3 aromatic rings. The summed E-state index contributed by atoms with van der Waals surface area (Å²) >= 11 is 0. The number of amides is 1. The summed E-state index contributed by atoms with van der Waals surface area (Å²) in [5, 5.41) is 3.10. The molecule has 0 bridgehead atoms. The van der Waals surface area contributed by atoms with Crippen molar-refractivity contribution in [2.45, 2.75) is 5.92 Å². The minimum absolute atomic E-state index is 0.118. The number of anilines is 1. The molecule has 1 N–H and O–H groups in total. The van der Waals surface area contributed by atoms with E-state index >= 15 is 0 Å². The van der Waals surface area contributed by atoms with E-state index in [-0.39, 0.29) is 5.91 Å². The Hall–Kier alpha value is -3.39. The van der Waals surface area contributed by atoms with E-state index in [9.17, 15) is 4.79 Å². The van der Waals surface area contributed by atoms with Gasteiger partial charge in [0.15, 0.2) is 11.5 Å². The molecular weight excluding hydrogens is 446 g/mol. The molecule has 0 atom stereocenters. The average molecular weight is 476 g/mol. The zero-order valence-corrected chi connectivity index (χ0v) is 19.5. The fraction of sp³-hybridized carbons (Fsp3) is 0.321. The topological polar surface area (TPSA) is 75.3 Å². The van der Waals surface area contributed by atoms with Crippen LogP contribution in [0.5, 0.6) is 11.5 Å². The van der Waals surface area contributed by atoms with Gasteiger partial charge in [0.1, 0.15) is 13.2 Å². The first-order valence-electron chi connectivity index (χ1n) is 11.9. The van der Waals surface area contributed by atoms with Gasteiger partial charge < -0.3 is 29.0 Å². The molecule has 7 nitrogen and oxygen atoms in total. The van der Waals surface area contributed by atoms with Crippen molar-refractivity contribution in [3.05, 3.63) is 77.9 Å². The largest absolute Gasteiger partial charge is 0.487 e. The van der Waals surface area contributed by atoms with Crippen molar-refractivity contribution in [2.24, 2.45) is 0 Å². The molecule has 1 aliphatic heterocycles. The number of hydrogen-bond donors (Lipinski definition) is 1. The number of carbonyl (C=O) groups excluding carboxylic acids is 1. The van der Waals surface area contributed by atoms with Crippen LogP contribution in [0.4, 0.5) is 5.69 Å². The third-order valence-electron chi connectivity index (χ3n) is 6.04. The third kappa shape index (κ3) is 5.32. The van der Waals surface area contributed by atoms with Crippen molar-refractivity contribution in [3.8, 4) is 22.6 Å². The van der Waals surface area contributed by atoms with Crippen LogP contribution in [-0.4, -0.2) is 58.8 Å². The number of nitrogens with one attached hydrogen (secondary N) is 1. The summed E-state index contributed by atoms with van der Waals surface area (Å²) in [6.07, 6.45) is 0. The van der Waals surface area contributed by atoms with E-state index in [1.54, 1.807) is 0 Å². The summed E-state index contributed by atoms with van der Waals surface area (Å²) in [6.45, 7) is 3.47. The second-order valence-corrected chi connectivity index (χ2v) is 8.26. The van der Waals surface area contributed by atoms with E-state index in [2.05, 4.69) is 17.4 Å². The molecular formula is C28H29NO6. The molecule has 182 valence electrons. The zero-order chi connectivity index (χ0) is 23.9. The van der Waals surface area contributed by atoms with Crippen LogP contribution >= 0.6 is 0 Å². The van der Waals surface area contributed by atoms with Crippen LogP contribution in [0.25, 0.3) is 11.1 Å². The highest BCUT2D eigenvalue weighted by molar-refractivity contribution is 6.04. The van der Waals surface area contributed by atoms with E-state index in [1.807, 2.05) is 54.6 Å². The molecule has 0 saturated carbocycles. The van der Waals surface area contributed by atoms with Gasteiger partial charge in [-0.2, -0.15) is 0 Å². The lowest BCUT2D eigenvalue weighted by molar-refractivity contribution is -0.116. The van der Waals surface area contributed by atoms with E-state index in [0.29, 0.717) is 70.0 Å². The average Bonchev–Trinajstić information content (AvgIpc) is 3.21. The highest BCUT2D eigenvalue weighted by Crippen LogP contribution is 2.45. The van der Waals surface area contributed by atoms with Gasteiger partial charge in [0.05, 0.1) is 51.2 Å². The zero-order valence-electron chi connectivity index (χ0n) is 19.5. The maximum Gasteiger partial charge on any atom is 0.236 e. The number of carbonyl (C=O) groups is 1. The summed E-state index contributed by atoms with van der Waals surface area (Å²) in [4.78, 5) is 13.7. The molecule has 0 unspecified atom stereocenters. The van der Waals surface area contributed by atoms with Gasteiger partial charge in [-0.3, -0.25) is 4.79 Å². The van der Waals surface area contributed by atoms with Gasteiger partial charge in [0, 0.05) is 0 Å². The molecule has 2 aliphatic rings. The fourth-order valence-electron chi connectivity index (χ4n) is 4.47. The fourth-order valence-corrected chi connectivity index (χ4v) is 4.47. The molecule has 0 saturated heterocycles. The van der Waals surface area contributed by atoms with Crippen molar-refractivity contribution in [1.29, 1.82) is 0 Å². The van der Waals surface area contributed by atoms with Crippen LogP contribution in [0.3, 0.4) is 0 Å².